The Bertz CT molecular complexity index is 609. The third-order valence-corrected chi connectivity index (χ3v) is 2.93. The average Bonchev–Trinajstić information content (AvgIpc) is 2.75. The van der Waals surface area contributed by atoms with E-state index in [2.05, 4.69) is 36.7 Å². The van der Waals surface area contributed by atoms with Gasteiger partial charge in [-0.25, -0.2) is 10.1 Å². The second-order valence-electron chi connectivity index (χ2n) is 3.74. The van der Waals surface area contributed by atoms with Gasteiger partial charge in [-0.2, -0.15) is 5.10 Å². The van der Waals surface area contributed by atoms with Crippen LogP contribution in [-0.2, 0) is 6.42 Å². The van der Waals surface area contributed by atoms with Crippen LogP contribution in [0.2, 0.25) is 0 Å². The van der Waals surface area contributed by atoms with Crippen molar-refractivity contribution in [2.75, 3.05) is 11.3 Å². The van der Waals surface area contributed by atoms with E-state index in [1.54, 1.807) is 18.2 Å². The lowest BCUT2D eigenvalue weighted by atomic mass is 10.2. The number of anilines is 1. The van der Waals surface area contributed by atoms with E-state index in [1.807, 2.05) is 6.92 Å². The van der Waals surface area contributed by atoms with Gasteiger partial charge in [0.25, 0.3) is 5.95 Å². The Hall–Kier alpha value is -2.09. The van der Waals surface area contributed by atoms with Crippen LogP contribution in [0.1, 0.15) is 18.3 Å². The number of hydrogen-bond acceptors (Lipinski definition) is 6. The van der Waals surface area contributed by atoms with E-state index in [4.69, 9.17) is 5.84 Å². The number of hydrogen-bond donors (Lipinski definition) is 3. The van der Waals surface area contributed by atoms with Crippen LogP contribution in [0.5, 0.6) is 5.75 Å². The summed E-state index contributed by atoms with van der Waals surface area (Å²) in [7, 11) is 0. The van der Waals surface area contributed by atoms with Gasteiger partial charge in [0.15, 0.2) is 5.82 Å². The summed E-state index contributed by atoms with van der Waals surface area (Å²) in [6.07, 6.45) is 2.15. The van der Waals surface area contributed by atoms with Crippen LogP contribution in [0.25, 0.3) is 0 Å². The maximum atomic E-state index is 9.63. The quantitative estimate of drug-likeness (QED) is 0.449. The number of hydrazone groups is 1. The standard InChI is InChI=1S/C11H13BrN6O/c1-2-10-15-17-11(18(10)13)16-14-6-7-5-8(12)3-4-9(7)19/h3-6,19H,2,13H2,1H3,(H,16,17). The van der Waals surface area contributed by atoms with Crippen LogP contribution in [0.4, 0.5) is 5.95 Å². The summed E-state index contributed by atoms with van der Waals surface area (Å²) in [5.41, 5.74) is 3.24. The van der Waals surface area contributed by atoms with Crippen LogP contribution in [0.15, 0.2) is 27.8 Å². The molecular formula is C11H13BrN6O. The highest BCUT2D eigenvalue weighted by Gasteiger charge is 2.06. The number of nitrogens with one attached hydrogen (secondary N) is 1. The topological polar surface area (TPSA) is 101 Å². The number of phenols is 1. The van der Waals surface area contributed by atoms with Crippen molar-refractivity contribution in [3.63, 3.8) is 0 Å². The van der Waals surface area contributed by atoms with Gasteiger partial charge in [0, 0.05) is 16.5 Å². The Labute approximate surface area is 118 Å². The predicted molar refractivity (Wildman–Crippen MR) is 76.6 cm³/mol. The van der Waals surface area contributed by atoms with Crippen molar-refractivity contribution in [3.8, 4) is 5.75 Å². The van der Waals surface area contributed by atoms with Crippen molar-refractivity contribution in [1.82, 2.24) is 14.9 Å². The first kappa shape index (κ1) is 13.3. The minimum absolute atomic E-state index is 0.136. The van der Waals surface area contributed by atoms with Gasteiger partial charge in [-0.3, -0.25) is 0 Å². The molecule has 2 aromatic rings. The first-order chi connectivity index (χ1) is 9.11. The van der Waals surface area contributed by atoms with Crippen molar-refractivity contribution in [1.29, 1.82) is 0 Å². The largest absolute Gasteiger partial charge is 0.507 e. The molecule has 0 saturated heterocycles. The number of nitrogens with two attached hydrogens (primary N) is 1. The zero-order valence-electron chi connectivity index (χ0n) is 10.2. The van der Waals surface area contributed by atoms with Gasteiger partial charge in [-0.15, -0.1) is 10.2 Å². The molecule has 0 aliphatic heterocycles. The first-order valence-electron chi connectivity index (χ1n) is 5.58. The number of aryl methyl sites for hydroxylation is 1. The molecule has 0 radical (unpaired) electrons. The lowest BCUT2D eigenvalue weighted by molar-refractivity contribution is 0.474. The van der Waals surface area contributed by atoms with Crippen molar-refractivity contribution in [3.05, 3.63) is 34.1 Å². The van der Waals surface area contributed by atoms with Gasteiger partial charge in [-0.1, -0.05) is 22.9 Å². The number of aromatic hydroxyl groups is 1. The summed E-state index contributed by atoms with van der Waals surface area (Å²) in [5, 5.41) is 21.3. The maximum absolute atomic E-state index is 9.63. The number of aromatic nitrogens is 3. The predicted octanol–water partition coefficient (Wildman–Crippen LogP) is 1.47. The van der Waals surface area contributed by atoms with Crippen LogP contribution in [-0.4, -0.2) is 26.2 Å². The molecule has 4 N–H and O–H groups in total. The highest BCUT2D eigenvalue weighted by Crippen LogP contribution is 2.20. The number of halogens is 1. The molecule has 100 valence electrons. The summed E-state index contributed by atoms with van der Waals surface area (Å²) >= 11 is 3.32. The van der Waals surface area contributed by atoms with Gasteiger partial charge in [0.05, 0.1) is 6.21 Å². The maximum Gasteiger partial charge on any atom is 0.263 e. The van der Waals surface area contributed by atoms with E-state index < -0.39 is 0 Å². The first-order valence-corrected chi connectivity index (χ1v) is 6.38. The molecule has 1 aromatic heterocycles. The molecule has 1 aromatic carbocycles. The van der Waals surface area contributed by atoms with E-state index in [9.17, 15) is 5.11 Å². The summed E-state index contributed by atoms with van der Waals surface area (Å²) < 4.78 is 2.18. The van der Waals surface area contributed by atoms with E-state index in [0.717, 1.165) is 4.47 Å². The summed E-state index contributed by atoms with van der Waals surface area (Å²) in [5.74, 6) is 6.87. The molecule has 0 saturated carbocycles. The molecule has 0 atom stereocenters. The molecule has 0 spiro atoms. The molecule has 8 heteroatoms. The lowest BCUT2D eigenvalue weighted by Crippen LogP contribution is -2.14. The fourth-order valence-corrected chi connectivity index (χ4v) is 1.81. The Morgan fingerprint density at radius 3 is 3.00 bits per heavy atom. The van der Waals surface area contributed by atoms with Gasteiger partial charge in [-0.05, 0) is 18.2 Å². The third-order valence-electron chi connectivity index (χ3n) is 2.44. The number of benzene rings is 1. The highest BCUT2D eigenvalue weighted by molar-refractivity contribution is 9.10. The number of nitrogen functional groups attached to an aromatic ring is 1. The molecule has 0 unspecified atom stereocenters. The summed E-state index contributed by atoms with van der Waals surface area (Å²) in [4.78, 5) is 0. The Morgan fingerprint density at radius 2 is 2.32 bits per heavy atom. The van der Waals surface area contributed by atoms with E-state index in [-0.39, 0.29) is 5.75 Å². The lowest BCUT2D eigenvalue weighted by Gasteiger charge is -2.01. The molecule has 7 nitrogen and oxygen atoms in total. The van der Waals surface area contributed by atoms with Crippen LogP contribution in [0, 0.1) is 0 Å². The SMILES string of the molecule is CCc1nnc(NN=Cc2cc(Br)ccc2O)n1N. The van der Waals surface area contributed by atoms with E-state index >= 15 is 0 Å². The average molecular weight is 325 g/mol. The fraction of sp³-hybridized carbons (Fsp3) is 0.182. The van der Waals surface area contributed by atoms with Gasteiger partial charge in [0.2, 0.25) is 0 Å². The van der Waals surface area contributed by atoms with Crippen molar-refractivity contribution >= 4 is 28.1 Å². The Morgan fingerprint density at radius 1 is 1.53 bits per heavy atom. The van der Waals surface area contributed by atoms with Crippen LogP contribution in [0.3, 0.4) is 0 Å². The van der Waals surface area contributed by atoms with Crippen molar-refractivity contribution in [2.24, 2.45) is 5.10 Å². The molecule has 0 fully saturated rings. The van der Waals surface area contributed by atoms with E-state index in [1.165, 1.54) is 10.9 Å². The number of rotatable bonds is 4. The molecule has 2 rings (SSSR count). The molecule has 0 aliphatic carbocycles. The Balaban J connectivity index is 2.11. The number of phenolic OH excluding ortho intramolecular Hbond substituents is 1. The molecule has 1 heterocycles. The van der Waals surface area contributed by atoms with Crippen molar-refractivity contribution in [2.45, 2.75) is 13.3 Å². The minimum atomic E-state index is 0.136. The Kier molecular flexibility index (Phi) is 4.00. The summed E-state index contributed by atoms with van der Waals surface area (Å²) in [6.45, 7) is 1.93. The van der Waals surface area contributed by atoms with Crippen LogP contribution < -0.4 is 11.3 Å². The number of nitrogens with zero attached hydrogens (tertiary/aromatic N) is 4. The zero-order chi connectivity index (χ0) is 13.8. The summed E-state index contributed by atoms with van der Waals surface area (Å²) in [6, 6.07) is 5.06. The molecule has 0 bridgehead atoms. The highest BCUT2D eigenvalue weighted by atomic mass is 79.9. The fourth-order valence-electron chi connectivity index (χ4n) is 1.43. The van der Waals surface area contributed by atoms with Crippen molar-refractivity contribution < 1.29 is 5.11 Å². The molecule has 0 amide bonds. The molecular weight excluding hydrogens is 312 g/mol. The van der Waals surface area contributed by atoms with Gasteiger partial charge < -0.3 is 10.9 Å². The normalized spacial score (nSPS) is 11.1. The monoisotopic (exact) mass is 324 g/mol. The molecule has 19 heavy (non-hydrogen) atoms. The van der Waals surface area contributed by atoms with E-state index in [0.29, 0.717) is 23.8 Å². The molecule has 0 aliphatic rings. The van der Waals surface area contributed by atoms with Crippen LogP contribution >= 0.6 is 15.9 Å². The smallest absolute Gasteiger partial charge is 0.263 e. The zero-order valence-corrected chi connectivity index (χ0v) is 11.8. The second kappa shape index (κ2) is 5.70. The minimum Gasteiger partial charge on any atom is -0.507 e. The second-order valence-corrected chi connectivity index (χ2v) is 4.65. The van der Waals surface area contributed by atoms with Gasteiger partial charge in [0.1, 0.15) is 5.75 Å². The van der Waals surface area contributed by atoms with Gasteiger partial charge >= 0.3 is 0 Å². The third kappa shape index (κ3) is 3.02.